The van der Waals surface area contributed by atoms with E-state index in [4.69, 9.17) is 10.5 Å². The van der Waals surface area contributed by atoms with E-state index < -0.39 is 16.3 Å². The summed E-state index contributed by atoms with van der Waals surface area (Å²) in [5.74, 6) is 1.45. The van der Waals surface area contributed by atoms with E-state index in [1.54, 1.807) is 18.6 Å². The lowest BCUT2D eigenvalue weighted by Crippen LogP contribution is -2.48. The highest BCUT2D eigenvalue weighted by Gasteiger charge is 2.24. The van der Waals surface area contributed by atoms with Crippen molar-refractivity contribution in [1.29, 1.82) is 0 Å². The van der Waals surface area contributed by atoms with Gasteiger partial charge >= 0.3 is 0 Å². The Bertz CT molecular complexity index is 1470. The maximum Gasteiger partial charge on any atom is 0.211 e. The molecule has 4 heterocycles. The molecular weight excluding hydrogens is 478 g/mol. The number of aromatic nitrogens is 4. The number of piperazine rings is 1. The standard InChI is InChI=1S/C25H29N7O3S/c1-16-13-27-14-17(2)23(16)25(26)35-19-5-6-21-20(12-19)24(30-29-21)18-4-7-22(28-15-18)31-8-10-32(11-9-31)36(3,33)34/h4-7,12-15,25H,8-11,26H2,1-3H3,(H,29,30)/t25-/m0/s1. The van der Waals surface area contributed by atoms with Crippen molar-refractivity contribution in [2.75, 3.05) is 37.3 Å². The van der Waals surface area contributed by atoms with Crippen LogP contribution in [0.2, 0.25) is 0 Å². The first kappa shape index (κ1) is 24.2. The second-order valence-electron chi connectivity index (χ2n) is 9.06. The zero-order chi connectivity index (χ0) is 25.4. The van der Waals surface area contributed by atoms with Crippen LogP contribution in [0.25, 0.3) is 22.2 Å². The topological polar surface area (TPSA) is 130 Å². The van der Waals surface area contributed by atoms with E-state index in [0.717, 1.165) is 44.7 Å². The number of H-pyrrole nitrogens is 1. The molecule has 0 spiro atoms. The minimum absolute atomic E-state index is 0.454. The average molecular weight is 508 g/mol. The Hall–Kier alpha value is -3.54. The van der Waals surface area contributed by atoms with Gasteiger partial charge in [-0.3, -0.25) is 15.8 Å². The van der Waals surface area contributed by atoms with Crippen LogP contribution in [0, 0.1) is 13.8 Å². The van der Waals surface area contributed by atoms with Crippen molar-refractivity contribution in [3.05, 3.63) is 65.6 Å². The Morgan fingerprint density at radius 3 is 2.39 bits per heavy atom. The van der Waals surface area contributed by atoms with Gasteiger partial charge in [0.2, 0.25) is 10.0 Å². The Labute approximate surface area is 210 Å². The molecule has 0 bridgehead atoms. The Morgan fingerprint density at radius 1 is 1.03 bits per heavy atom. The molecule has 188 valence electrons. The third-order valence-corrected chi connectivity index (χ3v) is 7.82. The van der Waals surface area contributed by atoms with Crippen molar-refractivity contribution in [3.63, 3.8) is 0 Å². The van der Waals surface area contributed by atoms with Crippen LogP contribution >= 0.6 is 0 Å². The molecule has 1 atom stereocenters. The van der Waals surface area contributed by atoms with Crippen molar-refractivity contribution in [3.8, 4) is 17.0 Å². The lowest BCUT2D eigenvalue weighted by molar-refractivity contribution is 0.213. The smallest absolute Gasteiger partial charge is 0.211 e. The van der Waals surface area contributed by atoms with E-state index in [0.29, 0.717) is 31.9 Å². The molecule has 0 unspecified atom stereocenters. The minimum atomic E-state index is -3.17. The van der Waals surface area contributed by atoms with Crippen LogP contribution in [0.5, 0.6) is 5.75 Å². The number of fused-ring (bicyclic) bond motifs is 1. The fourth-order valence-electron chi connectivity index (χ4n) is 4.61. The summed E-state index contributed by atoms with van der Waals surface area (Å²) in [4.78, 5) is 10.9. The number of aromatic amines is 1. The number of ether oxygens (including phenoxy) is 1. The Kier molecular flexibility index (Phi) is 6.37. The number of nitrogens with one attached hydrogen (secondary N) is 1. The van der Waals surface area contributed by atoms with Crippen LogP contribution in [0.3, 0.4) is 0 Å². The van der Waals surface area contributed by atoms with Gasteiger partial charge in [-0.1, -0.05) is 0 Å². The van der Waals surface area contributed by atoms with Crippen molar-refractivity contribution in [2.45, 2.75) is 20.1 Å². The predicted octanol–water partition coefficient (Wildman–Crippen LogP) is 2.75. The zero-order valence-corrected chi connectivity index (χ0v) is 21.3. The number of benzene rings is 1. The monoisotopic (exact) mass is 507 g/mol. The van der Waals surface area contributed by atoms with Crippen LogP contribution < -0.4 is 15.4 Å². The summed E-state index contributed by atoms with van der Waals surface area (Å²) >= 11 is 0. The predicted molar refractivity (Wildman–Crippen MR) is 139 cm³/mol. The molecule has 1 aliphatic rings. The maximum atomic E-state index is 11.8. The van der Waals surface area contributed by atoms with Gasteiger partial charge < -0.3 is 9.64 Å². The molecule has 1 fully saturated rings. The van der Waals surface area contributed by atoms with Gasteiger partial charge in [-0.15, -0.1) is 0 Å². The summed E-state index contributed by atoms with van der Waals surface area (Å²) < 4.78 is 31.1. The molecule has 1 aliphatic heterocycles. The van der Waals surface area contributed by atoms with Crippen molar-refractivity contribution < 1.29 is 13.2 Å². The number of aryl methyl sites for hydroxylation is 2. The van der Waals surface area contributed by atoms with Gasteiger partial charge in [-0.05, 0) is 55.3 Å². The molecule has 4 aromatic rings. The molecule has 1 saturated heterocycles. The maximum absolute atomic E-state index is 11.8. The van der Waals surface area contributed by atoms with E-state index >= 15 is 0 Å². The molecule has 11 heteroatoms. The summed E-state index contributed by atoms with van der Waals surface area (Å²) in [5.41, 5.74) is 11.8. The van der Waals surface area contributed by atoms with Gasteiger partial charge in [0.1, 0.15) is 17.3 Å². The van der Waals surface area contributed by atoms with Gasteiger partial charge in [0.15, 0.2) is 6.23 Å². The van der Waals surface area contributed by atoms with E-state index in [1.165, 1.54) is 10.6 Å². The number of hydrogen-bond donors (Lipinski definition) is 2. The zero-order valence-electron chi connectivity index (χ0n) is 20.5. The van der Waals surface area contributed by atoms with Gasteiger partial charge in [-0.2, -0.15) is 9.40 Å². The number of nitrogens with zero attached hydrogens (tertiary/aromatic N) is 5. The van der Waals surface area contributed by atoms with Gasteiger partial charge in [0.05, 0.1) is 11.8 Å². The number of rotatable bonds is 6. The van der Waals surface area contributed by atoms with E-state index in [9.17, 15) is 8.42 Å². The first-order valence-electron chi connectivity index (χ1n) is 11.7. The van der Waals surface area contributed by atoms with Crippen LogP contribution in [-0.4, -0.2) is 65.3 Å². The molecule has 0 amide bonds. The second kappa shape index (κ2) is 9.49. The molecular formula is C25H29N7O3S. The Morgan fingerprint density at radius 2 is 1.75 bits per heavy atom. The highest BCUT2D eigenvalue weighted by atomic mass is 32.2. The lowest BCUT2D eigenvalue weighted by atomic mass is 10.1. The number of hydrogen-bond acceptors (Lipinski definition) is 8. The highest BCUT2D eigenvalue weighted by molar-refractivity contribution is 7.88. The molecule has 5 rings (SSSR count). The van der Waals surface area contributed by atoms with Gasteiger partial charge in [0, 0.05) is 61.3 Å². The van der Waals surface area contributed by atoms with Crippen LogP contribution in [0.15, 0.2) is 48.9 Å². The van der Waals surface area contributed by atoms with Crippen LogP contribution in [0.4, 0.5) is 5.82 Å². The minimum Gasteiger partial charge on any atom is -0.471 e. The van der Waals surface area contributed by atoms with E-state index in [-0.39, 0.29) is 0 Å². The number of sulfonamides is 1. The second-order valence-corrected chi connectivity index (χ2v) is 11.0. The van der Waals surface area contributed by atoms with Crippen LogP contribution in [0.1, 0.15) is 22.9 Å². The number of anilines is 1. The molecule has 10 nitrogen and oxygen atoms in total. The van der Waals surface area contributed by atoms with Crippen molar-refractivity contribution >= 4 is 26.7 Å². The average Bonchev–Trinajstić information content (AvgIpc) is 3.27. The summed E-state index contributed by atoms with van der Waals surface area (Å²) in [7, 11) is -3.17. The largest absolute Gasteiger partial charge is 0.471 e. The molecule has 1 aromatic carbocycles. The number of pyridine rings is 2. The summed E-state index contributed by atoms with van der Waals surface area (Å²) in [6.07, 6.45) is 5.98. The summed E-state index contributed by atoms with van der Waals surface area (Å²) in [5, 5.41) is 8.47. The normalized spacial score (nSPS) is 15.8. The number of nitrogens with two attached hydrogens (primary N) is 1. The first-order chi connectivity index (χ1) is 17.2. The summed E-state index contributed by atoms with van der Waals surface area (Å²) in [6.45, 7) is 6.05. The fourth-order valence-corrected chi connectivity index (χ4v) is 5.44. The quantitative estimate of drug-likeness (QED) is 0.381. The molecule has 36 heavy (non-hydrogen) atoms. The third-order valence-electron chi connectivity index (χ3n) is 6.52. The van der Waals surface area contributed by atoms with E-state index in [2.05, 4.69) is 25.1 Å². The third kappa shape index (κ3) is 4.77. The lowest BCUT2D eigenvalue weighted by Gasteiger charge is -2.33. The molecule has 0 aliphatic carbocycles. The Balaban J connectivity index is 1.35. The molecule has 0 saturated carbocycles. The van der Waals surface area contributed by atoms with Crippen LogP contribution in [-0.2, 0) is 10.0 Å². The highest BCUT2D eigenvalue weighted by Crippen LogP contribution is 2.31. The molecule has 3 N–H and O–H groups in total. The summed E-state index contributed by atoms with van der Waals surface area (Å²) in [6, 6.07) is 9.63. The molecule has 3 aromatic heterocycles. The van der Waals surface area contributed by atoms with Crippen molar-refractivity contribution in [1.82, 2.24) is 24.5 Å². The van der Waals surface area contributed by atoms with Gasteiger partial charge in [0.25, 0.3) is 0 Å². The first-order valence-corrected chi connectivity index (χ1v) is 13.5. The van der Waals surface area contributed by atoms with E-state index in [1.807, 2.05) is 44.2 Å². The van der Waals surface area contributed by atoms with Crippen molar-refractivity contribution in [2.24, 2.45) is 5.73 Å². The van der Waals surface area contributed by atoms with Gasteiger partial charge in [-0.25, -0.2) is 13.4 Å². The fraction of sp³-hybridized carbons (Fsp3) is 0.320. The SMILES string of the molecule is Cc1cncc(C)c1[C@@H](N)Oc1ccc2[nH]nc(-c3ccc(N4CCN(S(C)(=O)=O)CC4)nc3)c2c1. The molecule has 0 radical (unpaired) electrons.